The van der Waals surface area contributed by atoms with E-state index in [1.54, 1.807) is 0 Å². The van der Waals surface area contributed by atoms with Crippen LogP contribution in [0.25, 0.3) is 0 Å². The first-order chi connectivity index (χ1) is 11.2. The van der Waals surface area contributed by atoms with Crippen LogP contribution in [0.1, 0.15) is 31.2 Å². The fraction of sp³-hybridized carbons (Fsp3) is 0.611. The molecule has 0 unspecified atom stereocenters. The van der Waals surface area contributed by atoms with E-state index in [4.69, 9.17) is 14.2 Å². The maximum atomic E-state index is 12.3. The third-order valence-corrected chi connectivity index (χ3v) is 4.48. The van der Waals surface area contributed by atoms with Gasteiger partial charge in [0.05, 0.1) is 19.8 Å². The van der Waals surface area contributed by atoms with Crippen LogP contribution >= 0.6 is 0 Å². The first-order valence-corrected chi connectivity index (χ1v) is 8.42. The summed E-state index contributed by atoms with van der Waals surface area (Å²) in [5.74, 6) is 0.656. The molecule has 0 atom stereocenters. The quantitative estimate of drug-likeness (QED) is 0.783. The standard InChI is InChI=1S/C18H25NO4/c1-15-4-2-5-16(14-15)21-11-3-6-17(20)19-9-7-18(8-10-19)22-12-13-23-18/h2,4-5,14H,3,6-13H2,1H3. The number of benzene rings is 1. The van der Waals surface area contributed by atoms with Crippen LogP contribution in [-0.2, 0) is 14.3 Å². The first-order valence-electron chi connectivity index (χ1n) is 8.42. The van der Waals surface area contributed by atoms with Crippen molar-refractivity contribution in [3.63, 3.8) is 0 Å². The predicted octanol–water partition coefficient (Wildman–Crippen LogP) is 2.52. The van der Waals surface area contributed by atoms with Gasteiger partial charge < -0.3 is 19.1 Å². The van der Waals surface area contributed by atoms with Crippen LogP contribution < -0.4 is 4.74 Å². The number of carbonyl (C=O) groups excluding carboxylic acids is 1. The lowest BCUT2D eigenvalue weighted by molar-refractivity contribution is -0.187. The summed E-state index contributed by atoms with van der Waals surface area (Å²) < 4.78 is 17.1. The van der Waals surface area contributed by atoms with E-state index in [0.29, 0.717) is 26.2 Å². The van der Waals surface area contributed by atoms with E-state index >= 15 is 0 Å². The molecule has 0 aliphatic carbocycles. The van der Waals surface area contributed by atoms with Crippen molar-refractivity contribution in [1.29, 1.82) is 0 Å². The lowest BCUT2D eigenvalue weighted by Gasteiger charge is -2.37. The number of ether oxygens (including phenoxy) is 3. The molecule has 1 aromatic carbocycles. The molecule has 0 radical (unpaired) electrons. The fourth-order valence-corrected chi connectivity index (χ4v) is 3.16. The van der Waals surface area contributed by atoms with Crippen LogP contribution in [0.4, 0.5) is 0 Å². The maximum absolute atomic E-state index is 12.3. The number of piperidine rings is 1. The van der Waals surface area contributed by atoms with Crippen molar-refractivity contribution in [1.82, 2.24) is 4.90 Å². The average Bonchev–Trinajstić information content (AvgIpc) is 3.00. The molecule has 126 valence electrons. The van der Waals surface area contributed by atoms with E-state index in [2.05, 4.69) is 0 Å². The van der Waals surface area contributed by atoms with E-state index < -0.39 is 5.79 Å². The topological polar surface area (TPSA) is 48.0 Å². The molecule has 1 aromatic rings. The van der Waals surface area contributed by atoms with Crippen molar-refractivity contribution in [3.05, 3.63) is 29.8 Å². The minimum Gasteiger partial charge on any atom is -0.494 e. The highest BCUT2D eigenvalue weighted by molar-refractivity contribution is 5.76. The highest BCUT2D eigenvalue weighted by Gasteiger charge is 2.40. The Hall–Kier alpha value is -1.59. The minimum atomic E-state index is -0.412. The molecule has 0 aromatic heterocycles. The van der Waals surface area contributed by atoms with Crippen LogP contribution in [0, 0.1) is 6.92 Å². The molecule has 2 heterocycles. The third kappa shape index (κ3) is 4.24. The third-order valence-electron chi connectivity index (χ3n) is 4.48. The number of likely N-dealkylation sites (tertiary alicyclic amines) is 1. The second-order valence-corrected chi connectivity index (χ2v) is 6.26. The van der Waals surface area contributed by atoms with Gasteiger partial charge in [-0.15, -0.1) is 0 Å². The average molecular weight is 319 g/mol. The Kier molecular flexibility index (Phi) is 5.18. The van der Waals surface area contributed by atoms with Crippen molar-refractivity contribution in [2.24, 2.45) is 0 Å². The Bertz CT molecular complexity index is 530. The van der Waals surface area contributed by atoms with Crippen molar-refractivity contribution in [2.75, 3.05) is 32.9 Å². The Morgan fingerprint density at radius 3 is 2.70 bits per heavy atom. The van der Waals surface area contributed by atoms with E-state index in [0.717, 1.165) is 38.1 Å². The van der Waals surface area contributed by atoms with E-state index in [9.17, 15) is 4.79 Å². The van der Waals surface area contributed by atoms with Gasteiger partial charge in [0.1, 0.15) is 5.75 Å². The van der Waals surface area contributed by atoms with Crippen LogP contribution in [0.5, 0.6) is 5.75 Å². The largest absolute Gasteiger partial charge is 0.494 e. The van der Waals surface area contributed by atoms with Gasteiger partial charge in [-0.1, -0.05) is 12.1 Å². The van der Waals surface area contributed by atoms with Crippen LogP contribution in [0.2, 0.25) is 0 Å². The molecule has 0 N–H and O–H groups in total. The second kappa shape index (κ2) is 7.32. The summed E-state index contributed by atoms with van der Waals surface area (Å²) in [6.07, 6.45) is 2.82. The smallest absolute Gasteiger partial charge is 0.222 e. The van der Waals surface area contributed by atoms with Crippen molar-refractivity contribution in [2.45, 2.75) is 38.4 Å². The second-order valence-electron chi connectivity index (χ2n) is 6.26. The molecule has 1 amide bonds. The number of aryl methyl sites for hydroxylation is 1. The van der Waals surface area contributed by atoms with Crippen LogP contribution in [0.15, 0.2) is 24.3 Å². The molecule has 0 saturated carbocycles. The SMILES string of the molecule is Cc1cccc(OCCCC(=O)N2CCC3(CC2)OCCO3)c1. The fourth-order valence-electron chi connectivity index (χ4n) is 3.16. The highest BCUT2D eigenvalue weighted by atomic mass is 16.7. The lowest BCUT2D eigenvalue weighted by Crippen LogP contribution is -2.47. The van der Waals surface area contributed by atoms with E-state index in [-0.39, 0.29) is 5.91 Å². The molecule has 23 heavy (non-hydrogen) atoms. The maximum Gasteiger partial charge on any atom is 0.222 e. The summed E-state index contributed by atoms with van der Waals surface area (Å²) in [6.45, 7) is 5.39. The normalized spacial score (nSPS) is 20.0. The Balaban J connectivity index is 1.35. The molecule has 2 aliphatic heterocycles. The predicted molar refractivity (Wildman–Crippen MR) is 86.4 cm³/mol. The number of amides is 1. The minimum absolute atomic E-state index is 0.200. The van der Waals surface area contributed by atoms with Gasteiger partial charge in [0, 0.05) is 32.4 Å². The summed E-state index contributed by atoms with van der Waals surface area (Å²) in [7, 11) is 0. The van der Waals surface area contributed by atoms with Gasteiger partial charge in [0.15, 0.2) is 5.79 Å². The monoisotopic (exact) mass is 319 g/mol. The molecule has 3 rings (SSSR count). The van der Waals surface area contributed by atoms with Gasteiger partial charge in [-0.25, -0.2) is 0 Å². The van der Waals surface area contributed by atoms with Crippen molar-refractivity contribution in [3.8, 4) is 5.75 Å². The number of hydrogen-bond donors (Lipinski definition) is 0. The van der Waals surface area contributed by atoms with Gasteiger partial charge >= 0.3 is 0 Å². The zero-order valence-corrected chi connectivity index (χ0v) is 13.8. The summed E-state index contributed by atoms with van der Waals surface area (Å²) in [6, 6.07) is 7.97. The van der Waals surface area contributed by atoms with Crippen molar-refractivity contribution >= 4 is 5.91 Å². The Morgan fingerprint density at radius 2 is 2.00 bits per heavy atom. The molecule has 2 fully saturated rings. The number of carbonyl (C=O) groups is 1. The van der Waals surface area contributed by atoms with E-state index in [1.165, 1.54) is 5.56 Å². The van der Waals surface area contributed by atoms with Gasteiger partial charge in [0.25, 0.3) is 0 Å². The molecule has 5 heteroatoms. The van der Waals surface area contributed by atoms with Crippen LogP contribution in [-0.4, -0.2) is 49.5 Å². The highest BCUT2D eigenvalue weighted by Crippen LogP contribution is 2.31. The Morgan fingerprint density at radius 1 is 1.26 bits per heavy atom. The Labute approximate surface area is 137 Å². The number of rotatable bonds is 5. The summed E-state index contributed by atoms with van der Waals surface area (Å²) in [5.41, 5.74) is 1.18. The van der Waals surface area contributed by atoms with Gasteiger partial charge in [-0.2, -0.15) is 0 Å². The molecule has 1 spiro atoms. The summed E-state index contributed by atoms with van der Waals surface area (Å²) >= 11 is 0. The molecular formula is C18H25NO4. The summed E-state index contributed by atoms with van der Waals surface area (Å²) in [4.78, 5) is 14.2. The number of nitrogens with zero attached hydrogens (tertiary/aromatic N) is 1. The lowest BCUT2D eigenvalue weighted by atomic mass is 10.0. The first kappa shape index (κ1) is 16.3. The summed E-state index contributed by atoms with van der Waals surface area (Å²) in [5, 5.41) is 0. The number of hydrogen-bond acceptors (Lipinski definition) is 4. The van der Waals surface area contributed by atoms with Gasteiger partial charge in [0.2, 0.25) is 5.91 Å². The zero-order valence-electron chi connectivity index (χ0n) is 13.8. The molecule has 0 bridgehead atoms. The van der Waals surface area contributed by atoms with Gasteiger partial charge in [-0.3, -0.25) is 4.79 Å². The van der Waals surface area contributed by atoms with E-state index in [1.807, 2.05) is 36.1 Å². The zero-order chi connectivity index (χ0) is 16.1. The molecule has 5 nitrogen and oxygen atoms in total. The molecule has 2 aliphatic rings. The van der Waals surface area contributed by atoms with Crippen LogP contribution in [0.3, 0.4) is 0 Å². The van der Waals surface area contributed by atoms with Crippen molar-refractivity contribution < 1.29 is 19.0 Å². The molecule has 2 saturated heterocycles. The molecular weight excluding hydrogens is 294 g/mol. The van der Waals surface area contributed by atoms with Gasteiger partial charge in [-0.05, 0) is 31.0 Å².